The summed E-state index contributed by atoms with van der Waals surface area (Å²) < 4.78 is 0. The van der Waals surface area contributed by atoms with E-state index in [2.05, 4.69) is 15.0 Å². The fraction of sp³-hybridized carbons (Fsp3) is 0.143. The summed E-state index contributed by atoms with van der Waals surface area (Å²) in [6, 6.07) is 1.62. The first-order valence-electron chi connectivity index (χ1n) is 3.26. The third-order valence-electron chi connectivity index (χ3n) is 1.61. The van der Waals surface area contributed by atoms with Crippen LogP contribution in [0.4, 0.5) is 0 Å². The molecule has 2 heterocycles. The topological polar surface area (TPSA) is 61.8 Å². The molecule has 56 valence electrons. The molecule has 0 radical (unpaired) electrons. The van der Waals surface area contributed by atoms with Crippen LogP contribution in [0.5, 0.6) is 5.88 Å². The molecule has 0 atom stereocenters. The summed E-state index contributed by atoms with van der Waals surface area (Å²) in [7, 11) is 0. The Bertz CT molecular complexity index is 393. The van der Waals surface area contributed by atoms with Crippen molar-refractivity contribution in [2.24, 2.45) is 0 Å². The molecule has 2 N–H and O–H groups in total. The highest BCUT2D eigenvalue weighted by Gasteiger charge is 2.01. The van der Waals surface area contributed by atoms with Crippen molar-refractivity contribution in [2.45, 2.75) is 6.92 Å². The lowest BCUT2D eigenvalue weighted by atomic mass is 10.3. The maximum absolute atomic E-state index is 9.06. The molecule has 2 rings (SSSR count). The highest BCUT2D eigenvalue weighted by molar-refractivity contribution is 5.79. The lowest BCUT2D eigenvalue weighted by Crippen LogP contribution is -1.83. The van der Waals surface area contributed by atoms with Gasteiger partial charge in [-0.05, 0) is 6.92 Å². The molecule has 0 saturated heterocycles. The van der Waals surface area contributed by atoms with Gasteiger partial charge in [-0.25, -0.2) is 9.97 Å². The third-order valence-corrected chi connectivity index (χ3v) is 1.61. The molecule has 2 aromatic rings. The lowest BCUT2D eigenvalue weighted by Gasteiger charge is -1.89. The van der Waals surface area contributed by atoms with E-state index in [1.807, 2.05) is 6.92 Å². The van der Waals surface area contributed by atoms with Crippen LogP contribution in [0.3, 0.4) is 0 Å². The quantitative estimate of drug-likeness (QED) is 0.586. The molecule has 4 heteroatoms. The van der Waals surface area contributed by atoms with Crippen molar-refractivity contribution in [3.05, 3.63) is 18.1 Å². The van der Waals surface area contributed by atoms with Crippen molar-refractivity contribution in [1.82, 2.24) is 15.0 Å². The average molecular weight is 149 g/mol. The Kier molecular flexibility index (Phi) is 1.09. The fourth-order valence-corrected chi connectivity index (χ4v) is 1.05. The summed E-state index contributed by atoms with van der Waals surface area (Å²) in [5.74, 6) is 0.128. The predicted octanol–water partition coefficient (Wildman–Crippen LogP) is 0.972. The zero-order chi connectivity index (χ0) is 7.84. The van der Waals surface area contributed by atoms with E-state index in [1.165, 1.54) is 6.33 Å². The molecular formula is C7H7N3O. The Morgan fingerprint density at radius 2 is 2.27 bits per heavy atom. The number of fused-ring (bicyclic) bond motifs is 1. The Labute approximate surface area is 62.9 Å². The van der Waals surface area contributed by atoms with Gasteiger partial charge in [0.25, 0.3) is 0 Å². The Balaban J connectivity index is 2.90. The van der Waals surface area contributed by atoms with Gasteiger partial charge in [0, 0.05) is 11.5 Å². The minimum absolute atomic E-state index is 0.128. The number of rotatable bonds is 0. The number of H-pyrrole nitrogens is 1. The molecule has 0 saturated carbocycles. The van der Waals surface area contributed by atoms with Crippen molar-refractivity contribution in [3.8, 4) is 5.88 Å². The Morgan fingerprint density at radius 3 is 3.00 bits per heavy atom. The number of aromatic amines is 1. The van der Waals surface area contributed by atoms with Crippen LogP contribution in [0.25, 0.3) is 11.0 Å². The molecule has 0 unspecified atom stereocenters. The van der Waals surface area contributed by atoms with Gasteiger partial charge in [0.15, 0.2) is 5.88 Å². The number of nitrogens with one attached hydrogen (secondary N) is 1. The van der Waals surface area contributed by atoms with Crippen LogP contribution >= 0.6 is 0 Å². The van der Waals surface area contributed by atoms with E-state index in [1.54, 1.807) is 6.07 Å². The van der Waals surface area contributed by atoms with E-state index in [0.717, 1.165) is 11.1 Å². The number of nitrogens with zero attached hydrogens (tertiary/aromatic N) is 2. The summed E-state index contributed by atoms with van der Waals surface area (Å²) in [6.07, 6.45) is 1.47. The van der Waals surface area contributed by atoms with Crippen LogP contribution in [0.1, 0.15) is 5.69 Å². The number of aromatic hydroxyl groups is 1. The average Bonchev–Trinajstić information content (AvgIpc) is 2.31. The highest BCUT2D eigenvalue weighted by atomic mass is 16.3. The zero-order valence-corrected chi connectivity index (χ0v) is 6.00. The van der Waals surface area contributed by atoms with E-state index >= 15 is 0 Å². The van der Waals surface area contributed by atoms with Gasteiger partial charge in [0.1, 0.15) is 12.0 Å². The predicted molar refractivity (Wildman–Crippen MR) is 40.3 cm³/mol. The Hall–Kier alpha value is -1.58. The van der Waals surface area contributed by atoms with E-state index in [4.69, 9.17) is 5.11 Å². The fourth-order valence-electron chi connectivity index (χ4n) is 1.05. The molecular weight excluding hydrogens is 142 g/mol. The van der Waals surface area contributed by atoms with Gasteiger partial charge in [-0.3, -0.25) is 0 Å². The third kappa shape index (κ3) is 0.832. The lowest BCUT2D eigenvalue weighted by molar-refractivity contribution is 0.458. The summed E-state index contributed by atoms with van der Waals surface area (Å²) in [4.78, 5) is 10.6. The zero-order valence-electron chi connectivity index (χ0n) is 6.00. The van der Waals surface area contributed by atoms with E-state index in [0.29, 0.717) is 5.65 Å². The maximum Gasteiger partial charge on any atom is 0.190 e. The Morgan fingerprint density at radius 1 is 1.45 bits per heavy atom. The van der Waals surface area contributed by atoms with Gasteiger partial charge >= 0.3 is 0 Å². The van der Waals surface area contributed by atoms with Crippen LogP contribution < -0.4 is 0 Å². The smallest absolute Gasteiger partial charge is 0.190 e. The van der Waals surface area contributed by atoms with Crippen molar-refractivity contribution >= 4 is 11.0 Å². The van der Waals surface area contributed by atoms with Gasteiger partial charge in [-0.1, -0.05) is 0 Å². The molecule has 0 aliphatic heterocycles. The van der Waals surface area contributed by atoms with Crippen LogP contribution in [-0.2, 0) is 0 Å². The summed E-state index contributed by atoms with van der Waals surface area (Å²) in [6.45, 7) is 1.87. The SMILES string of the molecule is Cc1ncnc2[nH]c(O)cc12. The number of hydrogen-bond donors (Lipinski definition) is 2. The van der Waals surface area contributed by atoms with Crippen molar-refractivity contribution in [2.75, 3.05) is 0 Å². The van der Waals surface area contributed by atoms with Crippen LogP contribution in [0.15, 0.2) is 12.4 Å². The molecule has 4 nitrogen and oxygen atoms in total. The number of aromatic nitrogens is 3. The second kappa shape index (κ2) is 1.95. The molecule has 11 heavy (non-hydrogen) atoms. The van der Waals surface area contributed by atoms with Crippen molar-refractivity contribution < 1.29 is 5.11 Å². The number of aryl methyl sites for hydroxylation is 1. The van der Waals surface area contributed by atoms with Crippen molar-refractivity contribution in [1.29, 1.82) is 0 Å². The van der Waals surface area contributed by atoms with Gasteiger partial charge in [0.2, 0.25) is 0 Å². The second-order valence-corrected chi connectivity index (χ2v) is 2.38. The summed E-state index contributed by atoms with van der Waals surface area (Å²) in [5, 5.41) is 9.92. The largest absolute Gasteiger partial charge is 0.495 e. The molecule has 0 bridgehead atoms. The maximum atomic E-state index is 9.06. The van der Waals surface area contributed by atoms with Crippen LogP contribution in [0, 0.1) is 6.92 Å². The molecule has 2 aromatic heterocycles. The minimum Gasteiger partial charge on any atom is -0.495 e. The molecule has 0 spiro atoms. The summed E-state index contributed by atoms with van der Waals surface area (Å²) >= 11 is 0. The van der Waals surface area contributed by atoms with Crippen LogP contribution in [-0.4, -0.2) is 20.1 Å². The first-order chi connectivity index (χ1) is 5.27. The monoisotopic (exact) mass is 149 g/mol. The van der Waals surface area contributed by atoms with Gasteiger partial charge in [0.05, 0.1) is 5.69 Å². The van der Waals surface area contributed by atoms with Crippen LogP contribution in [0.2, 0.25) is 0 Å². The van der Waals surface area contributed by atoms with Gasteiger partial charge in [-0.15, -0.1) is 0 Å². The second-order valence-electron chi connectivity index (χ2n) is 2.38. The minimum atomic E-state index is 0.128. The van der Waals surface area contributed by atoms with E-state index in [9.17, 15) is 0 Å². The van der Waals surface area contributed by atoms with Crippen molar-refractivity contribution in [3.63, 3.8) is 0 Å². The van der Waals surface area contributed by atoms with Gasteiger partial charge < -0.3 is 10.1 Å². The molecule has 0 fully saturated rings. The van der Waals surface area contributed by atoms with E-state index < -0.39 is 0 Å². The van der Waals surface area contributed by atoms with Gasteiger partial charge in [-0.2, -0.15) is 0 Å². The normalized spacial score (nSPS) is 10.6. The first-order valence-corrected chi connectivity index (χ1v) is 3.26. The first kappa shape index (κ1) is 6.15. The van der Waals surface area contributed by atoms with E-state index in [-0.39, 0.29) is 5.88 Å². The molecule has 0 aromatic carbocycles. The highest BCUT2D eigenvalue weighted by Crippen LogP contribution is 2.18. The molecule has 0 amide bonds. The summed E-state index contributed by atoms with van der Waals surface area (Å²) in [5.41, 5.74) is 1.54. The molecule has 0 aliphatic rings. The standard InChI is InChI=1S/C7H7N3O/c1-4-5-2-6(11)10-7(5)9-3-8-4/h2-3,11H,1H3,(H,8,9,10). The molecule has 0 aliphatic carbocycles. The number of hydrogen-bond acceptors (Lipinski definition) is 3.